The van der Waals surface area contributed by atoms with Gasteiger partial charge in [0.25, 0.3) is 5.91 Å². The Morgan fingerprint density at radius 2 is 1.94 bits per heavy atom. The fraction of sp³-hybridized carbons (Fsp3) is 0.273. The number of hydrogen-bond acceptors (Lipinski definition) is 3. The maximum atomic E-state index is 11.5. The van der Waals surface area contributed by atoms with Crippen molar-refractivity contribution in [3.63, 3.8) is 0 Å². The van der Waals surface area contributed by atoms with Crippen LogP contribution in [0.4, 0.5) is 5.69 Å². The van der Waals surface area contributed by atoms with Crippen LogP contribution in [0.25, 0.3) is 0 Å². The highest BCUT2D eigenvalue weighted by atomic mass is 16.2. The molecule has 1 aromatic rings. The van der Waals surface area contributed by atoms with E-state index in [0.29, 0.717) is 11.3 Å². The number of benzene rings is 1. The molecule has 0 saturated carbocycles. The van der Waals surface area contributed by atoms with Crippen LogP contribution in [-0.2, 0) is 4.79 Å². The number of anilines is 1. The van der Waals surface area contributed by atoms with E-state index in [1.807, 2.05) is 0 Å². The number of hydrogen-bond donors (Lipinski definition) is 3. The first-order chi connectivity index (χ1) is 7.56. The van der Waals surface area contributed by atoms with Gasteiger partial charge in [0, 0.05) is 7.05 Å². The second-order valence-corrected chi connectivity index (χ2v) is 3.40. The summed E-state index contributed by atoms with van der Waals surface area (Å²) in [5.41, 5.74) is 6.31. The molecule has 0 spiro atoms. The van der Waals surface area contributed by atoms with E-state index in [4.69, 9.17) is 5.73 Å². The standard InChI is InChI=1S/C11H15N3O2/c1-7(12)10(15)14-9-6-4-3-5-8(9)11(16)13-2/h3-7H,12H2,1-2H3,(H,13,16)(H,14,15)/t7-/m0/s1. The van der Waals surface area contributed by atoms with Crippen molar-refractivity contribution in [1.29, 1.82) is 0 Å². The van der Waals surface area contributed by atoms with Crippen LogP contribution in [0.5, 0.6) is 0 Å². The van der Waals surface area contributed by atoms with Crippen molar-refractivity contribution in [2.24, 2.45) is 5.73 Å². The van der Waals surface area contributed by atoms with E-state index in [2.05, 4.69) is 10.6 Å². The summed E-state index contributed by atoms with van der Waals surface area (Å²) in [4.78, 5) is 22.9. The monoisotopic (exact) mass is 221 g/mol. The molecule has 0 radical (unpaired) electrons. The Bertz CT molecular complexity index is 402. The van der Waals surface area contributed by atoms with Crippen LogP contribution < -0.4 is 16.4 Å². The van der Waals surface area contributed by atoms with Gasteiger partial charge in [0.2, 0.25) is 5.91 Å². The molecule has 4 N–H and O–H groups in total. The van der Waals surface area contributed by atoms with Crippen molar-refractivity contribution in [3.05, 3.63) is 29.8 Å². The Morgan fingerprint density at radius 3 is 2.50 bits per heavy atom. The van der Waals surface area contributed by atoms with Crippen LogP contribution in [0.3, 0.4) is 0 Å². The molecule has 0 fully saturated rings. The van der Waals surface area contributed by atoms with Gasteiger partial charge >= 0.3 is 0 Å². The van der Waals surface area contributed by atoms with E-state index in [1.54, 1.807) is 31.2 Å². The molecule has 86 valence electrons. The second-order valence-electron chi connectivity index (χ2n) is 3.40. The lowest BCUT2D eigenvalue weighted by Gasteiger charge is -2.11. The molecule has 1 aromatic carbocycles. The van der Waals surface area contributed by atoms with Crippen LogP contribution in [0.1, 0.15) is 17.3 Å². The topological polar surface area (TPSA) is 84.2 Å². The first kappa shape index (κ1) is 12.2. The molecule has 0 bridgehead atoms. The van der Waals surface area contributed by atoms with Crippen molar-refractivity contribution in [2.45, 2.75) is 13.0 Å². The number of amides is 2. The summed E-state index contributed by atoms with van der Waals surface area (Å²) in [7, 11) is 1.53. The van der Waals surface area contributed by atoms with Gasteiger partial charge in [0.05, 0.1) is 17.3 Å². The average molecular weight is 221 g/mol. The Labute approximate surface area is 94.0 Å². The SMILES string of the molecule is CNC(=O)c1ccccc1NC(=O)[C@H](C)N. The van der Waals surface area contributed by atoms with Gasteiger partial charge in [0.15, 0.2) is 0 Å². The van der Waals surface area contributed by atoms with Gasteiger partial charge in [0.1, 0.15) is 0 Å². The minimum atomic E-state index is -0.613. The highest BCUT2D eigenvalue weighted by Gasteiger charge is 2.13. The Kier molecular flexibility index (Phi) is 4.02. The molecular weight excluding hydrogens is 206 g/mol. The third kappa shape index (κ3) is 2.80. The van der Waals surface area contributed by atoms with Crippen LogP contribution in [0.2, 0.25) is 0 Å². The molecule has 0 heterocycles. The highest BCUT2D eigenvalue weighted by Crippen LogP contribution is 2.14. The van der Waals surface area contributed by atoms with Crippen molar-refractivity contribution in [3.8, 4) is 0 Å². The van der Waals surface area contributed by atoms with Crippen LogP contribution in [0, 0.1) is 0 Å². The number of para-hydroxylation sites is 1. The van der Waals surface area contributed by atoms with Crippen LogP contribution in [0.15, 0.2) is 24.3 Å². The van der Waals surface area contributed by atoms with E-state index < -0.39 is 6.04 Å². The Balaban J connectivity index is 2.95. The van der Waals surface area contributed by atoms with Crippen molar-refractivity contribution < 1.29 is 9.59 Å². The molecule has 2 amide bonds. The van der Waals surface area contributed by atoms with Crippen LogP contribution >= 0.6 is 0 Å². The van der Waals surface area contributed by atoms with Gasteiger partial charge in [-0.15, -0.1) is 0 Å². The molecule has 5 nitrogen and oxygen atoms in total. The fourth-order valence-electron chi connectivity index (χ4n) is 1.17. The van der Waals surface area contributed by atoms with E-state index in [0.717, 1.165) is 0 Å². The van der Waals surface area contributed by atoms with E-state index in [9.17, 15) is 9.59 Å². The van der Waals surface area contributed by atoms with Crippen molar-refractivity contribution in [2.75, 3.05) is 12.4 Å². The second kappa shape index (κ2) is 5.27. The molecule has 0 aromatic heterocycles. The summed E-state index contributed by atoms with van der Waals surface area (Å²) in [5.74, 6) is -0.572. The van der Waals surface area contributed by atoms with Gasteiger partial charge < -0.3 is 16.4 Å². The predicted octanol–water partition coefficient (Wildman–Crippen LogP) is 0.332. The molecule has 1 atom stereocenters. The van der Waals surface area contributed by atoms with Crippen molar-refractivity contribution in [1.82, 2.24) is 5.32 Å². The molecular formula is C11H15N3O2. The van der Waals surface area contributed by atoms with E-state index >= 15 is 0 Å². The van der Waals surface area contributed by atoms with E-state index in [-0.39, 0.29) is 11.8 Å². The lowest BCUT2D eigenvalue weighted by atomic mass is 10.1. The third-order valence-electron chi connectivity index (χ3n) is 2.07. The smallest absolute Gasteiger partial charge is 0.253 e. The summed E-state index contributed by atoms with van der Waals surface area (Å²) in [6.07, 6.45) is 0. The number of carbonyl (C=O) groups is 2. The molecule has 0 saturated heterocycles. The Morgan fingerprint density at radius 1 is 1.31 bits per heavy atom. The maximum absolute atomic E-state index is 11.5. The number of rotatable bonds is 3. The first-order valence-corrected chi connectivity index (χ1v) is 4.93. The molecule has 0 aliphatic carbocycles. The van der Waals surface area contributed by atoms with Gasteiger partial charge in [-0.05, 0) is 19.1 Å². The minimum Gasteiger partial charge on any atom is -0.355 e. The summed E-state index contributed by atoms with van der Waals surface area (Å²) < 4.78 is 0. The highest BCUT2D eigenvalue weighted by molar-refractivity contribution is 6.04. The predicted molar refractivity (Wildman–Crippen MR) is 62.1 cm³/mol. The largest absolute Gasteiger partial charge is 0.355 e. The van der Waals surface area contributed by atoms with Gasteiger partial charge in [-0.2, -0.15) is 0 Å². The summed E-state index contributed by atoms with van der Waals surface area (Å²) in [6, 6.07) is 6.15. The van der Waals surface area contributed by atoms with Gasteiger partial charge in [-0.25, -0.2) is 0 Å². The van der Waals surface area contributed by atoms with Gasteiger partial charge in [-0.1, -0.05) is 12.1 Å². The molecule has 1 rings (SSSR count). The lowest BCUT2D eigenvalue weighted by Crippen LogP contribution is -2.33. The summed E-state index contributed by atoms with van der Waals surface area (Å²) in [6.45, 7) is 1.58. The average Bonchev–Trinajstić information content (AvgIpc) is 2.28. The molecule has 5 heteroatoms. The quantitative estimate of drug-likeness (QED) is 0.687. The first-order valence-electron chi connectivity index (χ1n) is 4.93. The van der Waals surface area contributed by atoms with Crippen molar-refractivity contribution >= 4 is 17.5 Å². The molecule has 16 heavy (non-hydrogen) atoms. The summed E-state index contributed by atoms with van der Waals surface area (Å²) in [5, 5.41) is 5.10. The van der Waals surface area contributed by atoms with E-state index in [1.165, 1.54) is 7.05 Å². The zero-order chi connectivity index (χ0) is 12.1. The zero-order valence-corrected chi connectivity index (χ0v) is 9.28. The van der Waals surface area contributed by atoms with Crippen LogP contribution in [-0.4, -0.2) is 24.9 Å². The maximum Gasteiger partial charge on any atom is 0.253 e. The molecule has 0 aliphatic heterocycles. The summed E-state index contributed by atoms with van der Waals surface area (Å²) >= 11 is 0. The normalized spacial score (nSPS) is 11.7. The number of carbonyl (C=O) groups excluding carboxylic acids is 2. The third-order valence-corrected chi connectivity index (χ3v) is 2.07. The minimum absolute atomic E-state index is 0.249. The molecule has 0 unspecified atom stereocenters. The number of nitrogens with two attached hydrogens (primary N) is 1. The number of nitrogens with one attached hydrogen (secondary N) is 2. The van der Waals surface area contributed by atoms with Gasteiger partial charge in [-0.3, -0.25) is 9.59 Å². The lowest BCUT2D eigenvalue weighted by molar-refractivity contribution is -0.117. The Hall–Kier alpha value is -1.88. The molecule has 0 aliphatic rings. The zero-order valence-electron chi connectivity index (χ0n) is 9.28. The fourth-order valence-corrected chi connectivity index (χ4v) is 1.17.